The van der Waals surface area contributed by atoms with Crippen molar-refractivity contribution in [2.24, 2.45) is 0 Å². The summed E-state index contributed by atoms with van der Waals surface area (Å²) in [4.78, 5) is 37.9. The number of hydrogen-bond donors (Lipinski definition) is 0. The van der Waals surface area contributed by atoms with Gasteiger partial charge in [-0.3, -0.25) is 14.2 Å². The van der Waals surface area contributed by atoms with Crippen LogP contribution in [0.4, 0.5) is 0 Å². The van der Waals surface area contributed by atoms with Crippen LogP contribution in [0.25, 0.3) is 0 Å². The van der Waals surface area contributed by atoms with Gasteiger partial charge in [-0.25, -0.2) is 0 Å². The van der Waals surface area contributed by atoms with Gasteiger partial charge in [-0.05, 0) is 70.6 Å². The average Bonchev–Trinajstić information content (AvgIpc) is 3.38. The van der Waals surface area contributed by atoms with E-state index in [1.165, 1.54) is 148 Å². The number of carbonyl (C=O) groups excluding carboxylic acids is 2. The number of carbonyl (C=O) groups is 2. The Labute approximate surface area is 469 Å². The molecule has 2 unspecified atom stereocenters. The Kier molecular flexibility index (Phi) is 54.8. The molecule has 0 saturated heterocycles. The van der Waals surface area contributed by atoms with Crippen molar-refractivity contribution in [3.05, 3.63) is 85.1 Å². The molecule has 0 N–H and O–H groups in total. The normalized spacial score (nSPS) is 13.8. The predicted molar refractivity (Wildman–Crippen MR) is 323 cm³/mol. The van der Waals surface area contributed by atoms with Crippen molar-refractivity contribution in [3.63, 3.8) is 0 Å². The van der Waals surface area contributed by atoms with Gasteiger partial charge in [0.2, 0.25) is 0 Å². The van der Waals surface area contributed by atoms with Gasteiger partial charge in [0.05, 0.1) is 27.7 Å². The SMILES string of the molecule is CC/C=C\C/C=C\C/C=C\C/C=C\C/C=C\C/C=C\C/C=C\CCCCCCCCCCCCCC(=O)OC(COC(=O)CCCCCCCCCCCCCCCCCCCCC)COP(=O)([O-])OCC[N+](C)(C)C. The maximum atomic E-state index is 12.8. The molecule has 0 heterocycles. The number of quaternary nitrogens is 1. The molecule has 0 aromatic heterocycles. The van der Waals surface area contributed by atoms with Crippen LogP contribution in [0.3, 0.4) is 0 Å². The highest BCUT2D eigenvalue weighted by Gasteiger charge is 2.22. The second kappa shape index (κ2) is 56.9. The van der Waals surface area contributed by atoms with Gasteiger partial charge in [-0.15, -0.1) is 0 Å². The van der Waals surface area contributed by atoms with Crippen LogP contribution in [-0.2, 0) is 32.7 Å². The molecule has 0 aliphatic rings. The molecule has 0 rings (SSSR count). The maximum absolute atomic E-state index is 12.8. The van der Waals surface area contributed by atoms with Crippen LogP contribution in [0.2, 0.25) is 0 Å². The van der Waals surface area contributed by atoms with E-state index in [2.05, 4.69) is 98.9 Å². The first-order valence-electron chi connectivity index (χ1n) is 31.3. The fourth-order valence-electron chi connectivity index (χ4n) is 8.64. The van der Waals surface area contributed by atoms with Crippen molar-refractivity contribution in [3.8, 4) is 0 Å². The van der Waals surface area contributed by atoms with Gasteiger partial charge in [0.1, 0.15) is 19.8 Å². The molecule has 0 aromatic rings. The second-order valence-electron chi connectivity index (χ2n) is 22.0. The quantitative estimate of drug-likeness (QED) is 0.0195. The smallest absolute Gasteiger partial charge is 0.306 e. The maximum Gasteiger partial charge on any atom is 0.306 e. The van der Waals surface area contributed by atoms with Crippen molar-refractivity contribution in [1.82, 2.24) is 0 Å². The van der Waals surface area contributed by atoms with Crippen molar-refractivity contribution in [2.45, 2.75) is 277 Å². The van der Waals surface area contributed by atoms with Crippen molar-refractivity contribution < 1.29 is 42.1 Å². The Bertz CT molecular complexity index is 1560. The molecular formula is C66H118NO8P. The van der Waals surface area contributed by atoms with Crippen LogP contribution >= 0.6 is 7.82 Å². The minimum atomic E-state index is -4.64. The molecule has 76 heavy (non-hydrogen) atoms. The average molecular weight is 1080 g/mol. The summed E-state index contributed by atoms with van der Waals surface area (Å²) >= 11 is 0. The van der Waals surface area contributed by atoms with Crippen LogP contribution in [0.15, 0.2) is 85.1 Å². The van der Waals surface area contributed by atoms with Gasteiger partial charge in [0.25, 0.3) is 7.82 Å². The van der Waals surface area contributed by atoms with E-state index < -0.39 is 26.5 Å². The van der Waals surface area contributed by atoms with Gasteiger partial charge in [-0.2, -0.15) is 0 Å². The second-order valence-corrected chi connectivity index (χ2v) is 23.5. The van der Waals surface area contributed by atoms with E-state index >= 15 is 0 Å². The topological polar surface area (TPSA) is 111 Å². The number of ether oxygens (including phenoxy) is 2. The number of nitrogens with zero attached hydrogens (tertiary/aromatic N) is 1. The number of esters is 2. The third-order valence-corrected chi connectivity index (χ3v) is 14.4. The van der Waals surface area contributed by atoms with E-state index in [-0.39, 0.29) is 32.0 Å². The molecule has 9 nitrogen and oxygen atoms in total. The summed E-state index contributed by atoms with van der Waals surface area (Å²) in [5, 5.41) is 0. The highest BCUT2D eigenvalue weighted by Crippen LogP contribution is 2.38. The van der Waals surface area contributed by atoms with Crippen LogP contribution in [0.1, 0.15) is 271 Å². The Hall–Kier alpha value is -2.81. The summed E-state index contributed by atoms with van der Waals surface area (Å²) in [6, 6.07) is 0. The molecule has 0 saturated carbocycles. The first kappa shape index (κ1) is 73.2. The third-order valence-electron chi connectivity index (χ3n) is 13.4. The van der Waals surface area contributed by atoms with E-state index in [1.54, 1.807) is 0 Å². The number of likely N-dealkylation sites (N-methyl/N-ethyl adjacent to an activating group) is 1. The van der Waals surface area contributed by atoms with Crippen molar-refractivity contribution in [1.29, 1.82) is 0 Å². The van der Waals surface area contributed by atoms with Gasteiger partial charge in [0, 0.05) is 12.8 Å². The Balaban J connectivity index is 4.11. The lowest BCUT2D eigenvalue weighted by atomic mass is 10.0. The fourth-order valence-corrected chi connectivity index (χ4v) is 9.37. The fraction of sp³-hybridized carbons (Fsp3) is 0.758. The summed E-state index contributed by atoms with van der Waals surface area (Å²) in [5.74, 6) is -0.829. The van der Waals surface area contributed by atoms with E-state index in [9.17, 15) is 19.0 Å². The van der Waals surface area contributed by atoms with E-state index in [0.29, 0.717) is 17.4 Å². The number of rotatable bonds is 57. The molecular weight excluding hydrogens is 966 g/mol. The monoisotopic (exact) mass is 1080 g/mol. The highest BCUT2D eigenvalue weighted by molar-refractivity contribution is 7.45. The highest BCUT2D eigenvalue weighted by atomic mass is 31.2. The van der Waals surface area contributed by atoms with Crippen molar-refractivity contribution >= 4 is 19.8 Å². The molecule has 0 bridgehead atoms. The van der Waals surface area contributed by atoms with Gasteiger partial charge >= 0.3 is 11.9 Å². The van der Waals surface area contributed by atoms with Gasteiger partial charge < -0.3 is 27.9 Å². The van der Waals surface area contributed by atoms with Crippen LogP contribution in [0.5, 0.6) is 0 Å². The first-order valence-corrected chi connectivity index (χ1v) is 32.8. The molecule has 0 aromatic carbocycles. The molecule has 0 fully saturated rings. The van der Waals surface area contributed by atoms with Crippen LogP contribution in [-0.4, -0.2) is 70.0 Å². The zero-order chi connectivity index (χ0) is 55.6. The van der Waals surface area contributed by atoms with E-state index in [4.69, 9.17) is 18.5 Å². The zero-order valence-electron chi connectivity index (χ0n) is 49.9. The lowest BCUT2D eigenvalue weighted by Crippen LogP contribution is -2.37. The Morgan fingerprint density at radius 3 is 1.12 bits per heavy atom. The van der Waals surface area contributed by atoms with Crippen molar-refractivity contribution in [2.75, 3.05) is 47.5 Å². The lowest BCUT2D eigenvalue weighted by molar-refractivity contribution is -0.870. The lowest BCUT2D eigenvalue weighted by Gasteiger charge is -2.28. The zero-order valence-corrected chi connectivity index (χ0v) is 50.8. The first-order chi connectivity index (χ1) is 37.0. The minimum Gasteiger partial charge on any atom is -0.756 e. The summed E-state index contributed by atoms with van der Waals surface area (Å²) in [7, 11) is 1.17. The van der Waals surface area contributed by atoms with Crippen LogP contribution < -0.4 is 4.89 Å². The number of hydrogen-bond acceptors (Lipinski definition) is 8. The van der Waals surface area contributed by atoms with E-state index in [0.717, 1.165) is 89.9 Å². The molecule has 2 atom stereocenters. The molecule has 0 aliphatic heterocycles. The standard InChI is InChI=1S/C66H118NO8P/c1-6-8-10-12-14-16-18-20-22-24-26-27-28-29-30-31-32-33-34-35-36-37-38-39-41-43-45-47-49-51-53-55-57-59-66(69)75-64(63-74-76(70,71)73-61-60-67(3,4)5)62-72-65(68)58-56-54-52-50-48-46-44-42-40-25-23-21-19-17-15-13-11-9-7-2/h8,10,14,16,20,22,26-27,29-30,32-33,35-36,64H,6-7,9,11-13,15,17-19,21,23-25,28,31,34,37-63H2,1-5H3/b10-8-,16-14-,22-20-,27-26-,30-29-,33-32-,36-35-. The Morgan fingerprint density at radius 2 is 0.750 bits per heavy atom. The number of unbranched alkanes of at least 4 members (excludes halogenated alkanes) is 29. The molecule has 0 aliphatic carbocycles. The summed E-state index contributed by atoms with van der Waals surface area (Å²) in [6.45, 7) is 4.15. The minimum absolute atomic E-state index is 0.0328. The summed E-state index contributed by atoms with van der Waals surface area (Å²) < 4.78 is 34.2. The van der Waals surface area contributed by atoms with Gasteiger partial charge in [-0.1, -0.05) is 272 Å². The molecule has 440 valence electrons. The van der Waals surface area contributed by atoms with Crippen LogP contribution in [0, 0.1) is 0 Å². The molecule has 0 amide bonds. The molecule has 0 radical (unpaired) electrons. The number of phosphoric acid groups is 1. The van der Waals surface area contributed by atoms with Gasteiger partial charge in [0.15, 0.2) is 6.10 Å². The summed E-state index contributed by atoms with van der Waals surface area (Å²) in [6.07, 6.45) is 76.3. The summed E-state index contributed by atoms with van der Waals surface area (Å²) in [5.41, 5.74) is 0. The third kappa shape index (κ3) is 60.4. The Morgan fingerprint density at radius 1 is 0.421 bits per heavy atom. The largest absolute Gasteiger partial charge is 0.756 e. The molecule has 0 spiro atoms. The number of phosphoric ester groups is 1. The predicted octanol–water partition coefficient (Wildman–Crippen LogP) is 19.2. The number of allylic oxidation sites excluding steroid dienone is 14. The van der Waals surface area contributed by atoms with E-state index in [1.807, 2.05) is 21.1 Å². The molecule has 10 heteroatoms.